The number of alkyl halides is 17. The SMILES string of the molecule is CCCCCCCCCCCCN(C)CCCNSC(F)(F)C(F)(F)C(F)(F)C(F)(F)C(F)(F)C(F)(F)C(F)(F)C(F)(F)F. The van der Waals surface area contributed by atoms with Crippen LogP contribution in [-0.4, -0.2) is 78.5 Å². The van der Waals surface area contributed by atoms with Crippen molar-refractivity contribution in [2.45, 2.75) is 125 Å². The molecule has 0 aromatic heterocycles. The number of nitrogens with zero attached hydrogens (tertiary/aromatic N) is 1. The third-order valence-electron chi connectivity index (χ3n) is 6.61. The van der Waals surface area contributed by atoms with Crippen LogP contribution in [0.2, 0.25) is 0 Å². The van der Waals surface area contributed by atoms with Gasteiger partial charge in [0.15, 0.2) is 0 Å². The zero-order valence-electron chi connectivity index (χ0n) is 23.7. The summed E-state index contributed by atoms with van der Waals surface area (Å²) in [5.74, 6) is -49.8. The lowest BCUT2D eigenvalue weighted by Crippen LogP contribution is -2.74. The molecule has 0 aliphatic carbocycles. The van der Waals surface area contributed by atoms with Gasteiger partial charge in [-0.05, 0) is 33.0 Å². The third kappa shape index (κ3) is 9.56. The fourth-order valence-electron chi connectivity index (χ4n) is 3.76. The standard InChI is InChI=1S/C24H35F17N2S/c1-3-4-5-6-7-8-9-10-11-12-15-43(2)16-13-14-42-44-24(40,41)22(35,36)20(31,32)18(27,28)17(25,26)19(29,30)21(33,34)23(37,38)39/h42H,3-16H2,1-2H3. The first-order chi connectivity index (χ1) is 19.7. The first-order valence-corrected chi connectivity index (χ1v) is 14.3. The summed E-state index contributed by atoms with van der Waals surface area (Å²) in [7, 11) is 1.60. The highest BCUT2D eigenvalue weighted by atomic mass is 32.2. The number of unbranched alkanes of at least 4 members (excludes halogenated alkanes) is 9. The van der Waals surface area contributed by atoms with Crippen LogP contribution in [0.3, 0.4) is 0 Å². The molecule has 266 valence electrons. The Bertz CT molecular complexity index is 834. The highest BCUT2D eigenvalue weighted by Crippen LogP contribution is 2.64. The van der Waals surface area contributed by atoms with Crippen LogP contribution in [0.15, 0.2) is 0 Å². The molecular formula is C24H35F17N2S. The van der Waals surface area contributed by atoms with E-state index in [1.165, 1.54) is 24.0 Å². The number of rotatable bonds is 23. The van der Waals surface area contributed by atoms with Gasteiger partial charge >= 0.3 is 47.0 Å². The van der Waals surface area contributed by atoms with Gasteiger partial charge in [0.05, 0.1) is 0 Å². The molecule has 20 heteroatoms. The molecule has 0 bridgehead atoms. The van der Waals surface area contributed by atoms with Crippen LogP contribution >= 0.6 is 11.9 Å². The fourth-order valence-corrected chi connectivity index (χ4v) is 4.44. The van der Waals surface area contributed by atoms with E-state index in [1.54, 1.807) is 11.9 Å². The Morgan fingerprint density at radius 3 is 1.20 bits per heavy atom. The summed E-state index contributed by atoms with van der Waals surface area (Å²) in [6.07, 6.45) is 2.70. The van der Waals surface area contributed by atoms with E-state index >= 15 is 0 Å². The van der Waals surface area contributed by atoms with Crippen LogP contribution < -0.4 is 4.72 Å². The second-order valence-corrected chi connectivity index (χ2v) is 11.3. The van der Waals surface area contributed by atoms with Crippen LogP contribution in [0.1, 0.15) is 77.6 Å². The van der Waals surface area contributed by atoms with Crippen molar-refractivity contribution in [1.82, 2.24) is 9.62 Å². The second kappa shape index (κ2) is 16.3. The molecule has 0 amide bonds. The maximum absolute atomic E-state index is 13.9. The number of nitrogens with one attached hydrogen (secondary N) is 1. The summed E-state index contributed by atoms with van der Waals surface area (Å²) in [6.45, 7) is 2.11. The predicted octanol–water partition coefficient (Wildman–Crippen LogP) is 10.4. The van der Waals surface area contributed by atoms with Crippen LogP contribution in [0, 0.1) is 0 Å². The minimum Gasteiger partial charge on any atom is -0.306 e. The molecule has 0 aliphatic heterocycles. The molecule has 0 spiro atoms. The fraction of sp³-hybridized carbons (Fsp3) is 1.00. The molecule has 0 radical (unpaired) electrons. The molecule has 0 heterocycles. The summed E-state index contributed by atoms with van der Waals surface area (Å²) in [4.78, 5) is 1.69. The molecule has 0 atom stereocenters. The van der Waals surface area contributed by atoms with Gasteiger partial charge in [-0.1, -0.05) is 64.7 Å². The van der Waals surface area contributed by atoms with E-state index in [1.807, 2.05) is 0 Å². The van der Waals surface area contributed by atoms with Gasteiger partial charge < -0.3 is 4.90 Å². The number of hydrogen-bond donors (Lipinski definition) is 1. The predicted molar refractivity (Wildman–Crippen MR) is 130 cm³/mol. The Hall–Kier alpha value is -0.920. The lowest BCUT2D eigenvalue weighted by atomic mass is 9.91. The normalized spacial score (nSPS) is 15.0. The van der Waals surface area contributed by atoms with E-state index in [9.17, 15) is 74.6 Å². The summed E-state index contributed by atoms with van der Waals surface area (Å²) < 4.78 is 227. The van der Waals surface area contributed by atoms with Crippen LogP contribution in [0.25, 0.3) is 0 Å². The van der Waals surface area contributed by atoms with Crippen LogP contribution in [0.5, 0.6) is 0 Å². The minimum absolute atomic E-state index is 0.119. The maximum atomic E-state index is 13.9. The molecule has 2 nitrogen and oxygen atoms in total. The van der Waals surface area contributed by atoms with Crippen molar-refractivity contribution >= 4 is 11.9 Å². The summed E-state index contributed by atoms with van der Waals surface area (Å²) in [5.41, 5.74) is 0. The van der Waals surface area contributed by atoms with Gasteiger partial charge in [-0.2, -0.15) is 74.6 Å². The molecular weight excluding hydrogens is 671 g/mol. The average molecular weight is 707 g/mol. The Kier molecular flexibility index (Phi) is 15.9. The quantitative estimate of drug-likeness (QED) is 0.0647. The van der Waals surface area contributed by atoms with Crippen molar-refractivity contribution in [3.05, 3.63) is 0 Å². The van der Waals surface area contributed by atoms with E-state index < -0.39 is 65.5 Å². The van der Waals surface area contributed by atoms with Crippen LogP contribution in [0.4, 0.5) is 74.6 Å². The van der Waals surface area contributed by atoms with Crippen molar-refractivity contribution < 1.29 is 74.6 Å². The number of halogens is 17. The van der Waals surface area contributed by atoms with E-state index in [0.29, 0.717) is 6.54 Å². The van der Waals surface area contributed by atoms with Gasteiger partial charge in [-0.25, -0.2) is 0 Å². The number of hydrogen-bond acceptors (Lipinski definition) is 3. The average Bonchev–Trinajstić information content (AvgIpc) is 2.88. The zero-order valence-corrected chi connectivity index (χ0v) is 24.5. The Morgan fingerprint density at radius 2 is 0.795 bits per heavy atom. The summed E-state index contributed by atoms with van der Waals surface area (Å²) in [6, 6.07) is 0. The Balaban J connectivity index is 5.03. The van der Waals surface area contributed by atoms with Crippen molar-refractivity contribution in [1.29, 1.82) is 0 Å². The highest BCUT2D eigenvalue weighted by molar-refractivity contribution is 7.98. The van der Waals surface area contributed by atoms with Crippen molar-refractivity contribution in [2.24, 2.45) is 0 Å². The van der Waals surface area contributed by atoms with Crippen molar-refractivity contribution in [3.8, 4) is 0 Å². The zero-order chi connectivity index (χ0) is 34.9. The Labute approximate surface area is 248 Å². The molecule has 0 saturated heterocycles. The van der Waals surface area contributed by atoms with E-state index in [4.69, 9.17) is 0 Å². The molecule has 0 rings (SSSR count). The molecule has 0 aliphatic rings. The smallest absolute Gasteiger partial charge is 0.306 e. The summed E-state index contributed by atoms with van der Waals surface area (Å²) in [5, 5.41) is -6.49. The van der Waals surface area contributed by atoms with E-state index in [2.05, 4.69) is 6.92 Å². The third-order valence-corrected chi connectivity index (χ3v) is 7.47. The monoisotopic (exact) mass is 706 g/mol. The lowest BCUT2D eigenvalue weighted by Gasteiger charge is -2.42. The molecule has 0 saturated carbocycles. The van der Waals surface area contributed by atoms with Gasteiger partial charge in [0.2, 0.25) is 0 Å². The first kappa shape index (κ1) is 43.1. The van der Waals surface area contributed by atoms with Crippen molar-refractivity contribution in [2.75, 3.05) is 26.7 Å². The summed E-state index contributed by atoms with van der Waals surface area (Å²) >= 11 is -1.68. The molecule has 44 heavy (non-hydrogen) atoms. The van der Waals surface area contributed by atoms with E-state index in [0.717, 1.165) is 44.9 Å². The van der Waals surface area contributed by atoms with Crippen LogP contribution in [-0.2, 0) is 0 Å². The van der Waals surface area contributed by atoms with Gasteiger partial charge in [0, 0.05) is 18.5 Å². The van der Waals surface area contributed by atoms with Gasteiger partial charge in [-0.15, -0.1) is 0 Å². The van der Waals surface area contributed by atoms with E-state index in [-0.39, 0.29) is 13.0 Å². The minimum atomic E-state index is -8.61. The second-order valence-electron chi connectivity index (χ2n) is 10.3. The maximum Gasteiger partial charge on any atom is 0.460 e. The Morgan fingerprint density at radius 1 is 0.455 bits per heavy atom. The van der Waals surface area contributed by atoms with Crippen molar-refractivity contribution in [3.63, 3.8) is 0 Å². The molecule has 1 N–H and O–H groups in total. The van der Waals surface area contributed by atoms with Gasteiger partial charge in [0.1, 0.15) is 0 Å². The molecule has 0 aromatic rings. The first-order valence-electron chi connectivity index (χ1n) is 13.5. The molecule has 0 aromatic carbocycles. The molecule has 0 fully saturated rings. The molecule has 0 unspecified atom stereocenters. The topological polar surface area (TPSA) is 15.3 Å². The van der Waals surface area contributed by atoms with Gasteiger partial charge in [0.25, 0.3) is 0 Å². The highest BCUT2D eigenvalue weighted by Gasteiger charge is 2.95. The largest absolute Gasteiger partial charge is 0.460 e. The van der Waals surface area contributed by atoms with Gasteiger partial charge in [-0.3, -0.25) is 4.72 Å². The lowest BCUT2D eigenvalue weighted by molar-refractivity contribution is -0.458.